The van der Waals surface area contributed by atoms with Crippen molar-refractivity contribution in [2.75, 3.05) is 7.05 Å². The Morgan fingerprint density at radius 3 is 2.24 bits per heavy atom. The van der Waals surface area contributed by atoms with Crippen LogP contribution in [0.1, 0.15) is 45.6 Å². The van der Waals surface area contributed by atoms with E-state index in [0.29, 0.717) is 9.90 Å². The Morgan fingerprint density at radius 1 is 0.941 bits per heavy atom. The van der Waals surface area contributed by atoms with E-state index in [1.807, 2.05) is 60.0 Å². The number of likely N-dealkylation sites (tertiary alicyclic amines) is 1. The number of hydrogen-bond acceptors (Lipinski definition) is 4. The number of likely N-dealkylation sites (N-methyl/N-ethyl adjacent to an activating group) is 1. The van der Waals surface area contributed by atoms with Crippen molar-refractivity contribution < 1.29 is 14.4 Å². The van der Waals surface area contributed by atoms with Crippen LogP contribution in [0, 0.1) is 11.8 Å². The second kappa shape index (κ2) is 9.35. The van der Waals surface area contributed by atoms with Crippen molar-refractivity contribution in [3.8, 4) is 0 Å². The van der Waals surface area contributed by atoms with Crippen molar-refractivity contribution in [1.29, 1.82) is 0 Å². The molecule has 5 rings (SSSR count). The predicted molar refractivity (Wildman–Crippen MR) is 133 cm³/mol. The van der Waals surface area contributed by atoms with Gasteiger partial charge in [-0.3, -0.25) is 14.4 Å². The molecule has 1 saturated heterocycles. The largest absolute Gasteiger partial charge is 0.357 e. The lowest BCUT2D eigenvalue weighted by atomic mass is 9.77. The maximum Gasteiger partial charge on any atom is 0.243 e. The third-order valence-corrected chi connectivity index (χ3v) is 7.96. The molecular weight excluding hydrogens is 468 g/mol. The number of benzene rings is 2. The van der Waals surface area contributed by atoms with Crippen LogP contribution in [0.2, 0.25) is 5.02 Å². The van der Waals surface area contributed by atoms with E-state index in [1.54, 1.807) is 24.1 Å². The van der Waals surface area contributed by atoms with Gasteiger partial charge in [-0.15, -0.1) is 11.3 Å². The molecule has 4 unspecified atom stereocenters. The van der Waals surface area contributed by atoms with Gasteiger partial charge in [0.05, 0.1) is 16.8 Å². The third-order valence-electron chi connectivity index (χ3n) is 6.83. The van der Waals surface area contributed by atoms with E-state index >= 15 is 0 Å². The first-order valence-corrected chi connectivity index (χ1v) is 12.7. The van der Waals surface area contributed by atoms with E-state index in [9.17, 15) is 14.4 Å². The SMILES string of the molecule is CNC(=O)C1C(c2ccc(Cl)cc2)C(C(=O)c2cccs2)C(c2ccccc2)N1C(=O)C1CC1. The number of carbonyl (C=O) groups excluding carboxylic acids is 3. The molecule has 0 bridgehead atoms. The maximum absolute atomic E-state index is 14.1. The fraction of sp³-hybridized carbons (Fsp3) is 0.296. The van der Waals surface area contributed by atoms with Gasteiger partial charge in [-0.2, -0.15) is 0 Å². The molecule has 2 amide bonds. The highest BCUT2D eigenvalue weighted by Gasteiger charge is 2.58. The summed E-state index contributed by atoms with van der Waals surface area (Å²) in [6, 6.07) is 19.2. The van der Waals surface area contributed by atoms with Crippen LogP contribution >= 0.6 is 22.9 Å². The zero-order chi connectivity index (χ0) is 23.8. The topological polar surface area (TPSA) is 66.5 Å². The first kappa shape index (κ1) is 22.8. The number of hydrogen-bond donors (Lipinski definition) is 1. The van der Waals surface area contributed by atoms with Gasteiger partial charge in [-0.1, -0.05) is 60.1 Å². The molecule has 5 nitrogen and oxygen atoms in total. The number of amides is 2. The average molecular weight is 493 g/mol. The molecule has 2 heterocycles. The number of nitrogens with zero attached hydrogens (tertiary/aromatic N) is 1. The molecule has 1 aromatic heterocycles. The Bertz CT molecular complexity index is 1190. The monoisotopic (exact) mass is 492 g/mol. The summed E-state index contributed by atoms with van der Waals surface area (Å²) in [4.78, 5) is 43.5. The quantitative estimate of drug-likeness (QED) is 0.487. The molecule has 0 spiro atoms. The second-order valence-corrected chi connectivity index (χ2v) is 10.3. The first-order chi connectivity index (χ1) is 16.5. The molecular formula is C27H25ClN2O3S. The van der Waals surface area contributed by atoms with Gasteiger partial charge in [0, 0.05) is 23.9 Å². The number of nitrogens with one attached hydrogen (secondary N) is 1. The van der Waals surface area contributed by atoms with Crippen molar-refractivity contribution in [2.45, 2.75) is 30.8 Å². The van der Waals surface area contributed by atoms with Gasteiger partial charge in [0.25, 0.3) is 0 Å². The molecule has 1 N–H and O–H groups in total. The van der Waals surface area contributed by atoms with Gasteiger partial charge in [-0.25, -0.2) is 0 Å². The summed E-state index contributed by atoms with van der Waals surface area (Å²) < 4.78 is 0. The molecule has 0 radical (unpaired) electrons. The maximum atomic E-state index is 14.1. The molecule has 2 fully saturated rings. The summed E-state index contributed by atoms with van der Waals surface area (Å²) in [5.41, 5.74) is 1.68. The molecule has 3 aromatic rings. The highest BCUT2D eigenvalue weighted by Crippen LogP contribution is 2.53. The van der Waals surface area contributed by atoms with Crippen LogP contribution in [0.25, 0.3) is 0 Å². The van der Waals surface area contributed by atoms with Gasteiger partial charge in [0.1, 0.15) is 6.04 Å². The van der Waals surface area contributed by atoms with E-state index in [1.165, 1.54) is 11.3 Å². The molecule has 174 valence electrons. The predicted octanol–water partition coefficient (Wildman–Crippen LogP) is 5.09. The summed E-state index contributed by atoms with van der Waals surface area (Å²) in [7, 11) is 1.58. The zero-order valence-electron chi connectivity index (χ0n) is 18.7. The van der Waals surface area contributed by atoms with Crippen molar-refractivity contribution >= 4 is 40.5 Å². The van der Waals surface area contributed by atoms with Crippen molar-refractivity contribution in [2.24, 2.45) is 11.8 Å². The average Bonchev–Trinajstić information content (AvgIpc) is 3.45. The Labute approximate surface area is 207 Å². The van der Waals surface area contributed by atoms with E-state index in [0.717, 1.165) is 24.0 Å². The minimum Gasteiger partial charge on any atom is -0.357 e. The summed E-state index contributed by atoms with van der Waals surface area (Å²) in [6.45, 7) is 0. The minimum atomic E-state index is -0.807. The lowest BCUT2D eigenvalue weighted by molar-refractivity contribution is -0.141. The third kappa shape index (κ3) is 4.05. The van der Waals surface area contributed by atoms with Gasteiger partial charge < -0.3 is 10.2 Å². The van der Waals surface area contributed by atoms with Gasteiger partial charge in [0.15, 0.2) is 5.78 Å². The lowest BCUT2D eigenvalue weighted by Gasteiger charge is -2.31. The van der Waals surface area contributed by atoms with E-state index in [2.05, 4.69) is 5.32 Å². The summed E-state index contributed by atoms with van der Waals surface area (Å²) >= 11 is 7.55. The van der Waals surface area contributed by atoms with Crippen molar-refractivity contribution in [3.05, 3.63) is 93.1 Å². The molecule has 7 heteroatoms. The molecule has 1 saturated carbocycles. The van der Waals surface area contributed by atoms with Crippen molar-refractivity contribution in [3.63, 3.8) is 0 Å². The van der Waals surface area contributed by atoms with Crippen molar-refractivity contribution in [1.82, 2.24) is 10.2 Å². The van der Waals surface area contributed by atoms with E-state index in [-0.39, 0.29) is 23.5 Å². The van der Waals surface area contributed by atoms with E-state index in [4.69, 9.17) is 11.6 Å². The Morgan fingerprint density at radius 2 is 1.65 bits per heavy atom. The molecule has 34 heavy (non-hydrogen) atoms. The number of ketones is 1. The van der Waals surface area contributed by atoms with Gasteiger partial charge in [-0.05, 0) is 47.5 Å². The minimum absolute atomic E-state index is 0.0520. The van der Waals surface area contributed by atoms with Crippen LogP contribution in [0.3, 0.4) is 0 Å². The standard InChI is InChI=1S/C27H25ClN2O3S/c1-29-26(32)24-21(16-11-13-19(28)14-12-16)22(25(31)20-8-5-15-34-20)23(17-6-3-2-4-7-17)30(24)27(33)18-9-10-18/h2-8,11-15,18,21-24H,9-10H2,1H3,(H,29,32). The first-order valence-electron chi connectivity index (χ1n) is 11.4. The van der Waals surface area contributed by atoms with Crippen LogP contribution in [-0.2, 0) is 9.59 Å². The van der Waals surface area contributed by atoms with Crippen LogP contribution < -0.4 is 5.32 Å². The van der Waals surface area contributed by atoms with Gasteiger partial charge >= 0.3 is 0 Å². The van der Waals surface area contributed by atoms with E-state index < -0.39 is 23.9 Å². The number of rotatable bonds is 6. The highest BCUT2D eigenvalue weighted by molar-refractivity contribution is 7.12. The van der Waals surface area contributed by atoms with Crippen LogP contribution in [0.4, 0.5) is 0 Å². The van der Waals surface area contributed by atoms with Gasteiger partial charge in [0.2, 0.25) is 11.8 Å². The highest BCUT2D eigenvalue weighted by atomic mass is 35.5. The number of halogens is 1. The number of thiophene rings is 1. The normalized spacial score (nSPS) is 24.1. The lowest BCUT2D eigenvalue weighted by Crippen LogP contribution is -2.48. The number of Topliss-reactive ketones (excluding diaryl/α,β-unsaturated/α-hetero) is 1. The summed E-state index contributed by atoms with van der Waals surface area (Å²) in [5, 5.41) is 5.21. The number of carbonyl (C=O) groups is 3. The zero-order valence-corrected chi connectivity index (χ0v) is 20.3. The Balaban J connectivity index is 1.74. The molecule has 2 aromatic carbocycles. The fourth-order valence-electron chi connectivity index (χ4n) is 5.15. The molecule has 1 aliphatic carbocycles. The van der Waals surface area contributed by atoms with Crippen LogP contribution in [0.5, 0.6) is 0 Å². The van der Waals surface area contributed by atoms with Crippen LogP contribution in [0.15, 0.2) is 72.1 Å². The summed E-state index contributed by atoms with van der Waals surface area (Å²) in [6.07, 6.45) is 1.62. The Kier molecular flexibility index (Phi) is 6.28. The smallest absolute Gasteiger partial charge is 0.243 e. The molecule has 2 aliphatic rings. The molecule has 1 aliphatic heterocycles. The Hall–Kier alpha value is -2.96. The fourth-order valence-corrected chi connectivity index (χ4v) is 5.99. The summed E-state index contributed by atoms with van der Waals surface area (Å²) in [5.74, 6) is -1.60. The van der Waals surface area contributed by atoms with Crippen LogP contribution in [-0.4, -0.2) is 35.6 Å². The second-order valence-electron chi connectivity index (χ2n) is 8.88. The molecule has 4 atom stereocenters.